The smallest absolute Gasteiger partial charge is 0.0381 e. The first-order valence-corrected chi connectivity index (χ1v) is 5.97. The van der Waals surface area contributed by atoms with E-state index in [-0.39, 0.29) is 5.54 Å². The zero-order chi connectivity index (χ0) is 11.4. The average Bonchev–Trinajstić information content (AvgIpc) is 2.15. The van der Waals surface area contributed by atoms with Gasteiger partial charge in [0, 0.05) is 17.6 Å². The molecule has 0 aromatic rings. The molecule has 0 aromatic heterocycles. The first kappa shape index (κ1) is 13.7. The van der Waals surface area contributed by atoms with E-state index in [1.165, 1.54) is 12.8 Å². The Kier molecular flexibility index (Phi) is 5.43. The molecule has 0 spiro atoms. The molecule has 0 amide bonds. The summed E-state index contributed by atoms with van der Waals surface area (Å²) in [7, 11) is 0. The van der Waals surface area contributed by atoms with Crippen molar-refractivity contribution in [1.29, 1.82) is 0 Å². The minimum Gasteiger partial charge on any atom is -0.289 e. The number of rotatable bonds is 3. The Balaban J connectivity index is 0.000000791. The van der Waals surface area contributed by atoms with Crippen LogP contribution in [0.5, 0.6) is 0 Å². The van der Waals surface area contributed by atoms with Crippen molar-refractivity contribution >= 4 is 0 Å². The molecule has 1 aliphatic heterocycles. The summed E-state index contributed by atoms with van der Waals surface area (Å²) in [6.07, 6.45) is 4.64. The minimum atomic E-state index is 0.273. The maximum absolute atomic E-state index is 3.91. The van der Waals surface area contributed by atoms with Gasteiger partial charge >= 0.3 is 0 Å². The zero-order valence-corrected chi connectivity index (χ0v) is 10.8. The molecule has 1 saturated heterocycles. The molecule has 0 radical (unpaired) electrons. The van der Waals surface area contributed by atoms with E-state index in [0.29, 0.717) is 6.04 Å². The fraction of sp³-hybridized carbons (Fsp3) is 0.846. The molecule has 1 fully saturated rings. The summed E-state index contributed by atoms with van der Waals surface area (Å²) in [5.74, 6) is 0. The number of nitrogens with zero attached hydrogens (tertiary/aromatic N) is 1. The van der Waals surface area contributed by atoms with Crippen LogP contribution in [-0.4, -0.2) is 22.5 Å². The predicted octanol–water partition coefficient (Wildman–Crippen LogP) is 3.85. The van der Waals surface area contributed by atoms with Gasteiger partial charge in [-0.05, 0) is 33.6 Å². The lowest BCUT2D eigenvalue weighted by Crippen LogP contribution is -2.65. The molecule has 0 N–H and O–H groups in total. The fourth-order valence-electron chi connectivity index (χ4n) is 2.53. The van der Waals surface area contributed by atoms with Crippen LogP contribution in [-0.2, 0) is 0 Å². The molecule has 2 unspecified atom stereocenters. The fourth-order valence-corrected chi connectivity index (χ4v) is 2.53. The van der Waals surface area contributed by atoms with E-state index in [1.54, 1.807) is 0 Å². The van der Waals surface area contributed by atoms with Crippen molar-refractivity contribution in [3.63, 3.8) is 0 Å². The molecule has 1 rings (SSSR count). The molecule has 1 aliphatic rings. The topological polar surface area (TPSA) is 3.24 Å². The second-order valence-electron chi connectivity index (χ2n) is 4.33. The third-order valence-electron chi connectivity index (χ3n) is 3.10. The molecule has 1 nitrogen and oxygen atoms in total. The van der Waals surface area contributed by atoms with E-state index in [9.17, 15) is 0 Å². The zero-order valence-electron chi connectivity index (χ0n) is 10.8. The van der Waals surface area contributed by atoms with E-state index >= 15 is 0 Å². The molecule has 2 atom stereocenters. The van der Waals surface area contributed by atoms with Gasteiger partial charge in [0.05, 0.1) is 0 Å². The molecule has 84 valence electrons. The monoisotopic (exact) mass is 197 g/mol. The summed E-state index contributed by atoms with van der Waals surface area (Å²) >= 11 is 0. The summed E-state index contributed by atoms with van der Waals surface area (Å²) in [6.45, 7) is 17.0. The molecular formula is C13H27N. The lowest BCUT2D eigenvalue weighted by atomic mass is 9.77. The Hall–Kier alpha value is -0.300. The van der Waals surface area contributed by atoms with Crippen molar-refractivity contribution in [2.75, 3.05) is 0 Å². The lowest BCUT2D eigenvalue weighted by Gasteiger charge is -2.57. The first-order valence-electron chi connectivity index (χ1n) is 5.97. The molecule has 14 heavy (non-hydrogen) atoms. The SMILES string of the molecule is C=CC1(C)CC(CC)N1C(C)C.CC. The van der Waals surface area contributed by atoms with Crippen LogP contribution in [0, 0.1) is 0 Å². The van der Waals surface area contributed by atoms with Crippen LogP contribution in [0.4, 0.5) is 0 Å². The van der Waals surface area contributed by atoms with Crippen LogP contribution in [0.1, 0.15) is 54.4 Å². The van der Waals surface area contributed by atoms with E-state index in [2.05, 4.69) is 45.2 Å². The normalized spacial score (nSPS) is 31.8. The van der Waals surface area contributed by atoms with Gasteiger partial charge in [0.2, 0.25) is 0 Å². The third-order valence-corrected chi connectivity index (χ3v) is 3.10. The number of hydrogen-bond acceptors (Lipinski definition) is 1. The van der Waals surface area contributed by atoms with Crippen LogP contribution in [0.3, 0.4) is 0 Å². The summed E-state index contributed by atoms with van der Waals surface area (Å²) in [5.41, 5.74) is 0.273. The Morgan fingerprint density at radius 1 is 1.50 bits per heavy atom. The van der Waals surface area contributed by atoms with Crippen LogP contribution >= 0.6 is 0 Å². The highest BCUT2D eigenvalue weighted by Gasteiger charge is 2.46. The Morgan fingerprint density at radius 2 is 2.00 bits per heavy atom. The maximum atomic E-state index is 3.91. The molecular weight excluding hydrogens is 170 g/mol. The maximum Gasteiger partial charge on any atom is 0.0381 e. The van der Waals surface area contributed by atoms with Crippen LogP contribution in [0.15, 0.2) is 12.7 Å². The van der Waals surface area contributed by atoms with Crippen LogP contribution in [0.2, 0.25) is 0 Å². The van der Waals surface area contributed by atoms with E-state index in [1.807, 2.05) is 13.8 Å². The highest BCUT2D eigenvalue weighted by Crippen LogP contribution is 2.40. The van der Waals surface area contributed by atoms with Gasteiger partial charge in [-0.2, -0.15) is 0 Å². The van der Waals surface area contributed by atoms with Crippen molar-refractivity contribution < 1.29 is 0 Å². The van der Waals surface area contributed by atoms with Gasteiger partial charge in [0.25, 0.3) is 0 Å². The molecule has 1 heteroatoms. The quantitative estimate of drug-likeness (QED) is 0.621. The Labute approximate surface area is 90.2 Å². The van der Waals surface area contributed by atoms with Crippen molar-refractivity contribution in [3.8, 4) is 0 Å². The predicted molar refractivity (Wildman–Crippen MR) is 65.6 cm³/mol. The van der Waals surface area contributed by atoms with E-state index in [0.717, 1.165) is 6.04 Å². The van der Waals surface area contributed by atoms with E-state index < -0.39 is 0 Å². The largest absolute Gasteiger partial charge is 0.289 e. The van der Waals surface area contributed by atoms with Gasteiger partial charge in [-0.15, -0.1) is 6.58 Å². The average molecular weight is 197 g/mol. The molecule has 0 bridgehead atoms. The molecule has 0 saturated carbocycles. The second-order valence-corrected chi connectivity index (χ2v) is 4.33. The highest BCUT2D eigenvalue weighted by atomic mass is 15.3. The van der Waals surface area contributed by atoms with Gasteiger partial charge in [-0.25, -0.2) is 0 Å². The van der Waals surface area contributed by atoms with Crippen LogP contribution < -0.4 is 0 Å². The molecule has 1 heterocycles. The van der Waals surface area contributed by atoms with Gasteiger partial charge in [-0.1, -0.05) is 26.8 Å². The van der Waals surface area contributed by atoms with Crippen molar-refractivity contribution in [1.82, 2.24) is 4.90 Å². The highest BCUT2D eigenvalue weighted by molar-refractivity contribution is 5.13. The van der Waals surface area contributed by atoms with Gasteiger partial charge in [0.1, 0.15) is 0 Å². The number of hydrogen-bond donors (Lipinski definition) is 0. The Morgan fingerprint density at radius 3 is 2.29 bits per heavy atom. The van der Waals surface area contributed by atoms with Crippen molar-refractivity contribution in [2.45, 2.75) is 72.0 Å². The summed E-state index contributed by atoms with van der Waals surface area (Å²) in [6, 6.07) is 1.43. The molecule has 0 aromatic carbocycles. The van der Waals surface area contributed by atoms with Crippen LogP contribution in [0.25, 0.3) is 0 Å². The van der Waals surface area contributed by atoms with Gasteiger partial charge in [0.15, 0.2) is 0 Å². The summed E-state index contributed by atoms with van der Waals surface area (Å²) in [4.78, 5) is 2.57. The number of likely N-dealkylation sites (tertiary alicyclic amines) is 1. The first-order chi connectivity index (χ1) is 6.55. The standard InChI is InChI=1S/C11H21N.C2H6/c1-6-10-8-11(5,7-2)12(10)9(3)4;1-2/h7,9-10H,2,6,8H2,1,3-5H3;1-2H3. The second kappa shape index (κ2) is 5.55. The van der Waals surface area contributed by atoms with Crippen molar-refractivity contribution in [3.05, 3.63) is 12.7 Å². The van der Waals surface area contributed by atoms with E-state index in [4.69, 9.17) is 0 Å². The van der Waals surface area contributed by atoms with Crippen molar-refractivity contribution in [2.24, 2.45) is 0 Å². The third kappa shape index (κ3) is 2.38. The molecule has 0 aliphatic carbocycles. The van der Waals surface area contributed by atoms with Gasteiger partial charge < -0.3 is 0 Å². The summed E-state index contributed by atoms with van der Waals surface area (Å²) in [5, 5.41) is 0. The minimum absolute atomic E-state index is 0.273. The summed E-state index contributed by atoms with van der Waals surface area (Å²) < 4.78 is 0. The Bertz CT molecular complexity index is 174. The lowest BCUT2D eigenvalue weighted by molar-refractivity contribution is -0.0558. The van der Waals surface area contributed by atoms with Gasteiger partial charge in [-0.3, -0.25) is 4.90 Å².